The molecule has 1 saturated carbocycles. The molecular weight excluding hydrogens is 342 g/mol. The van der Waals surface area contributed by atoms with Crippen LogP contribution in [0.3, 0.4) is 0 Å². The highest BCUT2D eigenvalue weighted by Crippen LogP contribution is 2.29. The first kappa shape index (κ1) is 17.6. The molecule has 0 aromatic carbocycles. The van der Waals surface area contributed by atoms with E-state index in [0.717, 1.165) is 31.9 Å². The predicted octanol–water partition coefficient (Wildman–Crippen LogP) is 2.20. The van der Waals surface area contributed by atoms with Gasteiger partial charge in [-0.05, 0) is 31.7 Å². The lowest BCUT2D eigenvalue weighted by Gasteiger charge is -2.19. The second-order valence-corrected chi connectivity index (χ2v) is 6.21. The fraction of sp³-hybridized carbons (Fsp3) is 0.438. The molecule has 0 bridgehead atoms. The molecule has 0 aliphatic heterocycles. The number of carbonyl (C=O) groups is 1. The maximum Gasteiger partial charge on any atom is 0.433 e. The molecule has 138 valence electrons. The maximum atomic E-state index is 12.3. The van der Waals surface area contributed by atoms with Gasteiger partial charge in [0.1, 0.15) is 11.0 Å². The smallest absolute Gasteiger partial charge is 0.433 e. The fourth-order valence-electron chi connectivity index (χ4n) is 3.25. The molecule has 26 heavy (non-hydrogen) atoms. The number of nitro groups is 1. The van der Waals surface area contributed by atoms with Crippen LogP contribution in [0, 0.1) is 22.2 Å². The molecule has 1 aliphatic rings. The summed E-state index contributed by atoms with van der Waals surface area (Å²) in [5.74, 6) is -0.955. The Bertz CT molecular complexity index is 847. The van der Waals surface area contributed by atoms with Crippen molar-refractivity contribution in [2.24, 2.45) is 5.10 Å². The molecule has 0 saturated heterocycles. The Labute approximate surface area is 148 Å². The summed E-state index contributed by atoms with van der Waals surface area (Å²) in [6.45, 7) is 1.73. The van der Waals surface area contributed by atoms with Crippen molar-refractivity contribution in [1.29, 1.82) is 0 Å². The Morgan fingerprint density at radius 2 is 2.15 bits per heavy atom. The average molecular weight is 361 g/mol. The number of furan rings is 1. The van der Waals surface area contributed by atoms with E-state index >= 15 is 0 Å². The number of hydrogen-bond acceptors (Lipinski definition) is 6. The molecule has 1 N–H and O–H groups in total. The van der Waals surface area contributed by atoms with Gasteiger partial charge in [-0.1, -0.05) is 6.42 Å². The van der Waals surface area contributed by atoms with E-state index < -0.39 is 16.7 Å². The number of carbonyl (C=O) groups excluding carboxylic acids is 1. The second-order valence-electron chi connectivity index (χ2n) is 6.21. The Morgan fingerprint density at radius 1 is 1.42 bits per heavy atom. The Kier molecular flexibility index (Phi) is 5.01. The van der Waals surface area contributed by atoms with E-state index in [1.54, 1.807) is 6.92 Å². The van der Waals surface area contributed by atoms with E-state index in [1.165, 1.54) is 24.9 Å². The predicted molar refractivity (Wildman–Crippen MR) is 90.7 cm³/mol. The van der Waals surface area contributed by atoms with Crippen LogP contribution in [0.4, 0.5) is 5.88 Å². The van der Waals surface area contributed by atoms with E-state index in [4.69, 9.17) is 4.42 Å². The Balaban J connectivity index is 1.70. The highest BCUT2D eigenvalue weighted by Gasteiger charge is 2.28. The van der Waals surface area contributed by atoms with E-state index in [1.807, 2.05) is 4.57 Å². The first-order valence-corrected chi connectivity index (χ1v) is 8.35. The normalized spacial score (nSPS) is 15.4. The molecule has 0 radical (unpaired) electrons. The van der Waals surface area contributed by atoms with Crippen LogP contribution in [-0.4, -0.2) is 21.6 Å². The third-order valence-electron chi connectivity index (χ3n) is 4.51. The van der Waals surface area contributed by atoms with Gasteiger partial charge in [-0.2, -0.15) is 5.10 Å². The van der Waals surface area contributed by atoms with E-state index in [9.17, 15) is 20.1 Å². The van der Waals surface area contributed by atoms with Crippen molar-refractivity contribution in [3.63, 3.8) is 0 Å². The van der Waals surface area contributed by atoms with Crippen molar-refractivity contribution < 1.29 is 18.9 Å². The zero-order valence-electron chi connectivity index (χ0n) is 14.3. The third-order valence-corrected chi connectivity index (χ3v) is 4.51. The van der Waals surface area contributed by atoms with Gasteiger partial charge in [0.2, 0.25) is 12.0 Å². The first-order chi connectivity index (χ1) is 12.5. The monoisotopic (exact) mass is 361 g/mol. The summed E-state index contributed by atoms with van der Waals surface area (Å²) in [6, 6.07) is 2.77. The summed E-state index contributed by atoms with van der Waals surface area (Å²) in [6.07, 6.45) is 7.94. The first-order valence-electron chi connectivity index (χ1n) is 8.35. The number of imidazole rings is 1. The molecule has 0 unspecified atom stereocenters. The number of hydrazone groups is 1. The molecule has 0 spiro atoms. The van der Waals surface area contributed by atoms with Gasteiger partial charge in [-0.15, -0.1) is 0 Å². The lowest BCUT2D eigenvalue weighted by Crippen LogP contribution is -2.36. The van der Waals surface area contributed by atoms with Crippen LogP contribution in [0.5, 0.6) is 0 Å². The van der Waals surface area contributed by atoms with Crippen molar-refractivity contribution in [1.82, 2.24) is 9.99 Å². The molecule has 10 nitrogen and oxygen atoms in total. The van der Waals surface area contributed by atoms with Gasteiger partial charge < -0.3 is 9.62 Å². The van der Waals surface area contributed by atoms with E-state index in [0.29, 0.717) is 10.4 Å². The average Bonchev–Trinajstić information content (AvgIpc) is 3.20. The SMILES string of the molecule is Cc1c(C(=O)N/N=C/c2ccc([N+](=O)[O-])o2)[n+]([O-])cn1C1CCCCC1. The molecule has 1 amide bonds. The minimum Gasteiger partial charge on any atom is -0.710 e. The van der Waals surface area contributed by atoms with Crippen LogP contribution in [0.15, 0.2) is 28.0 Å². The molecule has 10 heteroatoms. The summed E-state index contributed by atoms with van der Waals surface area (Å²) >= 11 is 0. The van der Waals surface area contributed by atoms with Crippen LogP contribution in [0.25, 0.3) is 0 Å². The number of rotatable bonds is 5. The van der Waals surface area contributed by atoms with E-state index in [2.05, 4.69) is 10.5 Å². The van der Waals surface area contributed by atoms with Crippen molar-refractivity contribution in [3.8, 4) is 0 Å². The van der Waals surface area contributed by atoms with Crippen molar-refractivity contribution >= 4 is 18.0 Å². The number of amides is 1. The minimum absolute atomic E-state index is 0.0156. The zero-order chi connectivity index (χ0) is 18.7. The van der Waals surface area contributed by atoms with E-state index in [-0.39, 0.29) is 17.5 Å². The van der Waals surface area contributed by atoms with Gasteiger partial charge in [-0.25, -0.2) is 14.7 Å². The van der Waals surface area contributed by atoms with Crippen molar-refractivity contribution in [2.75, 3.05) is 0 Å². The largest absolute Gasteiger partial charge is 0.710 e. The van der Waals surface area contributed by atoms with Crippen LogP contribution in [0.2, 0.25) is 0 Å². The molecule has 2 heterocycles. The van der Waals surface area contributed by atoms with Gasteiger partial charge >= 0.3 is 11.8 Å². The van der Waals surface area contributed by atoms with Gasteiger partial charge in [0.25, 0.3) is 0 Å². The van der Waals surface area contributed by atoms with Crippen LogP contribution in [-0.2, 0) is 0 Å². The number of hydrogen-bond donors (Lipinski definition) is 1. The molecule has 1 fully saturated rings. The summed E-state index contributed by atoms with van der Waals surface area (Å²) in [7, 11) is 0. The number of aromatic nitrogens is 2. The fourth-order valence-corrected chi connectivity index (χ4v) is 3.25. The maximum absolute atomic E-state index is 12.3. The molecule has 2 aromatic heterocycles. The van der Waals surface area contributed by atoms with Crippen LogP contribution >= 0.6 is 0 Å². The van der Waals surface area contributed by atoms with Crippen molar-refractivity contribution in [3.05, 3.63) is 50.9 Å². The van der Waals surface area contributed by atoms with Gasteiger partial charge in [-0.3, -0.25) is 14.9 Å². The van der Waals surface area contributed by atoms with Gasteiger partial charge in [0.15, 0.2) is 11.5 Å². The highest BCUT2D eigenvalue weighted by atomic mass is 16.6. The molecule has 2 aromatic rings. The van der Waals surface area contributed by atoms with Crippen LogP contribution in [0.1, 0.15) is 60.1 Å². The number of nitrogens with one attached hydrogen (secondary N) is 1. The Hall–Kier alpha value is -3.17. The topological polar surface area (TPSA) is 130 Å². The second kappa shape index (κ2) is 7.38. The molecule has 1 aliphatic carbocycles. The highest BCUT2D eigenvalue weighted by molar-refractivity contribution is 5.92. The molecule has 3 rings (SSSR count). The summed E-state index contributed by atoms with van der Waals surface area (Å²) < 4.78 is 7.30. The van der Waals surface area contributed by atoms with Crippen molar-refractivity contribution in [2.45, 2.75) is 45.1 Å². The van der Waals surface area contributed by atoms with Crippen LogP contribution < -0.4 is 10.2 Å². The Morgan fingerprint density at radius 3 is 2.81 bits per heavy atom. The summed E-state index contributed by atoms with van der Waals surface area (Å²) in [5, 5.41) is 26.4. The lowest BCUT2D eigenvalue weighted by atomic mass is 9.95. The third kappa shape index (κ3) is 3.58. The zero-order valence-corrected chi connectivity index (χ0v) is 14.3. The number of nitrogens with zero attached hydrogens (tertiary/aromatic N) is 4. The minimum atomic E-state index is -0.673. The lowest BCUT2D eigenvalue weighted by molar-refractivity contribution is -0.607. The summed E-state index contributed by atoms with van der Waals surface area (Å²) in [4.78, 5) is 22.2. The summed E-state index contributed by atoms with van der Waals surface area (Å²) in [5.41, 5.74) is 2.83. The van der Waals surface area contributed by atoms with Gasteiger partial charge in [0, 0.05) is 6.92 Å². The quantitative estimate of drug-likeness (QED) is 0.287. The standard InChI is InChI=1S/C16H19N5O5/c1-11-15(20(23)10-19(11)12-5-3-2-4-6-12)16(22)18-17-9-13-7-8-14(26-13)21(24)25/h7-10,12H,2-6H2,1H3,(H,18,22)/b17-9+. The molecule has 0 atom stereocenters. The van der Waals surface area contributed by atoms with Gasteiger partial charge in [0.05, 0.1) is 12.3 Å². The molecular formula is C16H19N5O5.